The van der Waals surface area contributed by atoms with Crippen molar-refractivity contribution in [2.75, 3.05) is 0 Å². The van der Waals surface area contributed by atoms with Crippen LogP contribution in [-0.4, -0.2) is 24.5 Å². The van der Waals surface area contributed by atoms with Gasteiger partial charge in [-0.3, -0.25) is 4.57 Å². The van der Waals surface area contributed by atoms with Crippen LogP contribution in [0.3, 0.4) is 0 Å². The van der Waals surface area contributed by atoms with Crippen LogP contribution in [0.1, 0.15) is 18.9 Å². The van der Waals surface area contributed by atoms with Crippen molar-refractivity contribution < 1.29 is 4.42 Å². The van der Waals surface area contributed by atoms with E-state index in [1.807, 2.05) is 48.7 Å². The molecule has 0 aliphatic carbocycles. The molecule has 0 N–H and O–H groups in total. The van der Waals surface area contributed by atoms with Crippen molar-refractivity contribution in [2.24, 2.45) is 0 Å². The van der Waals surface area contributed by atoms with Crippen LogP contribution in [0.4, 0.5) is 0 Å². The van der Waals surface area contributed by atoms with E-state index in [-0.39, 0.29) is 0 Å². The Morgan fingerprint density at radius 1 is 0.509 bits per heavy atom. The van der Waals surface area contributed by atoms with Gasteiger partial charge in [0, 0.05) is 50.0 Å². The number of hydrogen-bond donors (Lipinski definition) is 0. The molecule has 0 amide bonds. The van der Waals surface area contributed by atoms with Gasteiger partial charge >= 0.3 is 0 Å². The van der Waals surface area contributed by atoms with E-state index >= 15 is 0 Å². The molecule has 0 aliphatic heterocycles. The molecule has 0 spiro atoms. The fraction of sp³-hybridized carbons (Fsp3) is 0.0638. The standard InChI is InChI=1S/C47H33N5O/c1-2-11-30-20-22-32(23-21-30)46-49-45(31-12-4-3-5-13-31)50-47(51-46)34-25-27-43(48-29-34)52-40-18-8-6-14-36(40)37-26-24-33(28-41(37)52)35-16-10-17-39-38-15-7-9-19-42(38)53-44(35)39/h3-10,12-29H,2,11H2,1H3. The number of aryl methyl sites for hydroxylation is 1. The predicted octanol–water partition coefficient (Wildman–Crippen LogP) is 11.9. The molecule has 10 rings (SSSR count). The number of pyridine rings is 1. The van der Waals surface area contributed by atoms with Gasteiger partial charge in [-0.05, 0) is 47.9 Å². The highest BCUT2D eigenvalue weighted by Gasteiger charge is 2.18. The highest BCUT2D eigenvalue weighted by molar-refractivity contribution is 6.12. The molecule has 0 bridgehead atoms. The minimum Gasteiger partial charge on any atom is -0.455 e. The zero-order valence-corrected chi connectivity index (χ0v) is 29.1. The highest BCUT2D eigenvalue weighted by Crippen LogP contribution is 2.39. The topological polar surface area (TPSA) is 69.6 Å². The Hall–Kier alpha value is -6.92. The van der Waals surface area contributed by atoms with Crippen LogP contribution in [0.25, 0.3) is 94.9 Å². The quantitative estimate of drug-likeness (QED) is 0.167. The Kier molecular flexibility index (Phi) is 7.39. The number of nitrogens with zero attached hydrogens (tertiary/aromatic N) is 5. The lowest BCUT2D eigenvalue weighted by molar-refractivity contribution is 0.670. The molecule has 4 heterocycles. The molecule has 0 atom stereocenters. The SMILES string of the molecule is CCCc1ccc(-c2nc(-c3ccccc3)nc(-c3ccc(-n4c5ccccc5c5ccc(-c6cccc7c6oc6ccccc67)cc54)nc3)n2)cc1. The van der Waals surface area contributed by atoms with Crippen molar-refractivity contribution in [3.8, 4) is 51.1 Å². The number of furan rings is 1. The first kappa shape index (κ1) is 30.9. The molecule has 0 radical (unpaired) electrons. The van der Waals surface area contributed by atoms with E-state index < -0.39 is 0 Å². The lowest BCUT2D eigenvalue weighted by Gasteiger charge is -2.11. The zero-order valence-electron chi connectivity index (χ0n) is 29.1. The molecule has 4 aromatic heterocycles. The maximum Gasteiger partial charge on any atom is 0.165 e. The summed E-state index contributed by atoms with van der Waals surface area (Å²) in [7, 11) is 0. The van der Waals surface area contributed by atoms with E-state index in [4.69, 9.17) is 24.4 Å². The monoisotopic (exact) mass is 683 g/mol. The molecule has 0 saturated carbocycles. The van der Waals surface area contributed by atoms with Gasteiger partial charge in [0.05, 0.1) is 11.0 Å². The maximum atomic E-state index is 6.43. The number of rotatable bonds is 7. The molecule has 0 aliphatic rings. The summed E-state index contributed by atoms with van der Waals surface area (Å²) in [6, 6.07) is 52.4. The van der Waals surface area contributed by atoms with Gasteiger partial charge in [-0.1, -0.05) is 135 Å². The van der Waals surface area contributed by atoms with E-state index in [0.717, 1.165) is 84.8 Å². The van der Waals surface area contributed by atoms with E-state index in [1.165, 1.54) is 10.9 Å². The van der Waals surface area contributed by atoms with Gasteiger partial charge in [-0.2, -0.15) is 0 Å². The highest BCUT2D eigenvalue weighted by atomic mass is 16.3. The number of aromatic nitrogens is 5. The van der Waals surface area contributed by atoms with Crippen molar-refractivity contribution in [3.63, 3.8) is 0 Å². The summed E-state index contributed by atoms with van der Waals surface area (Å²) in [4.78, 5) is 19.9. The van der Waals surface area contributed by atoms with E-state index in [9.17, 15) is 0 Å². The minimum absolute atomic E-state index is 0.578. The number of para-hydroxylation sites is 3. The van der Waals surface area contributed by atoms with Crippen molar-refractivity contribution >= 4 is 43.7 Å². The number of hydrogen-bond acceptors (Lipinski definition) is 5. The number of benzene rings is 6. The molecule has 10 aromatic rings. The van der Waals surface area contributed by atoms with Crippen LogP contribution in [0.15, 0.2) is 162 Å². The van der Waals surface area contributed by atoms with Crippen molar-refractivity contribution in [3.05, 3.63) is 163 Å². The predicted molar refractivity (Wildman–Crippen MR) is 215 cm³/mol. The van der Waals surface area contributed by atoms with Crippen molar-refractivity contribution in [1.82, 2.24) is 24.5 Å². The van der Waals surface area contributed by atoms with E-state index in [0.29, 0.717) is 17.5 Å². The van der Waals surface area contributed by atoms with Gasteiger partial charge in [-0.15, -0.1) is 0 Å². The van der Waals surface area contributed by atoms with Crippen LogP contribution in [-0.2, 0) is 6.42 Å². The van der Waals surface area contributed by atoms with Gasteiger partial charge in [0.2, 0.25) is 0 Å². The minimum atomic E-state index is 0.578. The molecule has 0 fully saturated rings. The molecular formula is C47H33N5O. The van der Waals surface area contributed by atoms with E-state index in [1.54, 1.807) is 0 Å². The zero-order chi connectivity index (χ0) is 35.3. The smallest absolute Gasteiger partial charge is 0.165 e. The van der Waals surface area contributed by atoms with Crippen LogP contribution in [0, 0.1) is 0 Å². The molecule has 0 unspecified atom stereocenters. The largest absolute Gasteiger partial charge is 0.455 e. The second kappa shape index (κ2) is 12.7. The van der Waals surface area contributed by atoms with Gasteiger partial charge in [0.1, 0.15) is 17.0 Å². The Bertz CT molecular complexity index is 2940. The van der Waals surface area contributed by atoms with Crippen LogP contribution < -0.4 is 0 Å². The first-order chi connectivity index (χ1) is 26.2. The Labute approximate surface area is 306 Å². The summed E-state index contributed by atoms with van der Waals surface area (Å²) >= 11 is 0. The lowest BCUT2D eigenvalue weighted by atomic mass is 10.0. The van der Waals surface area contributed by atoms with Crippen LogP contribution in [0.5, 0.6) is 0 Å². The first-order valence-electron chi connectivity index (χ1n) is 18.0. The fourth-order valence-electron chi connectivity index (χ4n) is 7.47. The average molecular weight is 684 g/mol. The van der Waals surface area contributed by atoms with E-state index in [2.05, 4.69) is 121 Å². The number of fused-ring (bicyclic) bond motifs is 6. The Morgan fingerprint density at radius 2 is 1.15 bits per heavy atom. The molecule has 252 valence electrons. The maximum absolute atomic E-state index is 6.43. The lowest BCUT2D eigenvalue weighted by Crippen LogP contribution is -2.02. The van der Waals surface area contributed by atoms with Crippen molar-refractivity contribution in [2.45, 2.75) is 19.8 Å². The summed E-state index contributed by atoms with van der Waals surface area (Å²) in [6.07, 6.45) is 4.01. The molecule has 53 heavy (non-hydrogen) atoms. The molecule has 6 aromatic carbocycles. The second-order valence-electron chi connectivity index (χ2n) is 13.4. The van der Waals surface area contributed by atoms with Gasteiger partial charge in [0.25, 0.3) is 0 Å². The summed E-state index contributed by atoms with van der Waals surface area (Å²) in [6.45, 7) is 2.19. The molecule has 6 nitrogen and oxygen atoms in total. The average Bonchev–Trinajstić information content (AvgIpc) is 3.77. The van der Waals surface area contributed by atoms with Crippen LogP contribution in [0.2, 0.25) is 0 Å². The summed E-state index contributed by atoms with van der Waals surface area (Å²) in [5, 5.41) is 4.56. The third kappa shape index (κ3) is 5.35. The second-order valence-corrected chi connectivity index (χ2v) is 13.4. The summed E-state index contributed by atoms with van der Waals surface area (Å²) < 4.78 is 8.67. The Morgan fingerprint density at radius 3 is 1.92 bits per heavy atom. The van der Waals surface area contributed by atoms with Crippen molar-refractivity contribution in [1.29, 1.82) is 0 Å². The van der Waals surface area contributed by atoms with Gasteiger partial charge in [0.15, 0.2) is 17.5 Å². The van der Waals surface area contributed by atoms with Crippen LogP contribution >= 0.6 is 0 Å². The van der Waals surface area contributed by atoms with Gasteiger partial charge in [-0.25, -0.2) is 19.9 Å². The first-order valence-corrected chi connectivity index (χ1v) is 18.0. The summed E-state index contributed by atoms with van der Waals surface area (Å²) in [5.41, 5.74) is 10.1. The van der Waals surface area contributed by atoms with Gasteiger partial charge < -0.3 is 4.42 Å². The molecule has 6 heteroatoms. The fourth-order valence-corrected chi connectivity index (χ4v) is 7.47. The Balaban J connectivity index is 1.09. The summed E-state index contributed by atoms with van der Waals surface area (Å²) in [5.74, 6) is 2.65. The molecule has 0 saturated heterocycles. The third-order valence-corrected chi connectivity index (χ3v) is 10.0. The molecular weight excluding hydrogens is 651 g/mol. The normalized spacial score (nSPS) is 11.6. The third-order valence-electron chi connectivity index (χ3n) is 10.0.